The highest BCUT2D eigenvalue weighted by Crippen LogP contribution is 2.66. The number of ether oxygens (including phenoxy) is 2. The summed E-state index contributed by atoms with van der Waals surface area (Å²) in [4.78, 5) is 17.2. The van der Waals surface area contributed by atoms with E-state index in [4.69, 9.17) is 14.3 Å². The summed E-state index contributed by atoms with van der Waals surface area (Å²) in [5.41, 5.74) is 3.13. The Kier molecular flexibility index (Phi) is 4.28. The lowest BCUT2D eigenvalue weighted by molar-refractivity contribution is -0.143. The van der Waals surface area contributed by atoms with E-state index in [-0.39, 0.29) is 23.6 Å². The number of carbonyl (C=O) groups excluding carboxylic acids is 1. The molecule has 0 spiro atoms. The highest BCUT2D eigenvalue weighted by molar-refractivity contribution is 6.11. The molecule has 144 valence electrons. The van der Waals surface area contributed by atoms with Crippen molar-refractivity contribution in [1.82, 2.24) is 0 Å². The number of benzene rings is 1. The molecule has 2 bridgehead atoms. The van der Waals surface area contributed by atoms with E-state index in [1.165, 1.54) is 5.57 Å². The Morgan fingerprint density at radius 2 is 2.07 bits per heavy atom. The number of allylic oxidation sites excluding steroid dienone is 1. The summed E-state index contributed by atoms with van der Waals surface area (Å²) < 4.78 is 10.9. The van der Waals surface area contributed by atoms with Gasteiger partial charge in [0.15, 0.2) is 11.5 Å². The molecule has 2 saturated carbocycles. The SMILES string of the molecule is CCCC(=O)O/N=C1\C(=C\c2ccc3c(c2)OCO3)[C@H]2CC[C@]1(C)C2(C)C. The maximum atomic E-state index is 11.9. The van der Waals surface area contributed by atoms with Crippen LogP contribution in [0.5, 0.6) is 11.5 Å². The molecule has 3 aliphatic rings. The van der Waals surface area contributed by atoms with E-state index in [0.29, 0.717) is 12.3 Å². The Morgan fingerprint density at radius 1 is 1.30 bits per heavy atom. The lowest BCUT2D eigenvalue weighted by Crippen LogP contribution is -2.33. The minimum atomic E-state index is -0.267. The zero-order valence-electron chi connectivity index (χ0n) is 16.5. The summed E-state index contributed by atoms with van der Waals surface area (Å²) in [6, 6.07) is 5.97. The van der Waals surface area contributed by atoms with Crippen LogP contribution in [-0.2, 0) is 9.63 Å². The second-order valence-corrected chi connectivity index (χ2v) is 8.51. The fraction of sp³-hybridized carbons (Fsp3) is 0.545. The number of fused-ring (bicyclic) bond motifs is 3. The molecule has 1 aromatic rings. The molecular formula is C22H27NO4. The molecular weight excluding hydrogens is 342 g/mol. The van der Waals surface area contributed by atoms with E-state index in [1.54, 1.807) is 0 Å². The number of hydrogen-bond acceptors (Lipinski definition) is 5. The third-order valence-electron chi connectivity index (χ3n) is 6.81. The first-order chi connectivity index (χ1) is 12.9. The van der Waals surface area contributed by atoms with Crippen molar-refractivity contribution in [3.8, 4) is 11.5 Å². The summed E-state index contributed by atoms with van der Waals surface area (Å²) in [5, 5.41) is 4.38. The first kappa shape index (κ1) is 18.1. The third-order valence-corrected chi connectivity index (χ3v) is 6.81. The molecule has 27 heavy (non-hydrogen) atoms. The monoisotopic (exact) mass is 369 g/mol. The van der Waals surface area contributed by atoms with Gasteiger partial charge in [-0.05, 0) is 59.9 Å². The first-order valence-electron chi connectivity index (χ1n) is 9.77. The predicted octanol–water partition coefficient (Wildman–Crippen LogP) is 4.95. The number of oxime groups is 1. The lowest BCUT2D eigenvalue weighted by atomic mass is 9.70. The van der Waals surface area contributed by atoms with Crippen LogP contribution in [-0.4, -0.2) is 18.5 Å². The van der Waals surface area contributed by atoms with E-state index >= 15 is 0 Å². The molecule has 4 rings (SSSR count). The van der Waals surface area contributed by atoms with Crippen LogP contribution < -0.4 is 9.47 Å². The van der Waals surface area contributed by atoms with Crippen LogP contribution in [0.1, 0.15) is 58.9 Å². The predicted molar refractivity (Wildman–Crippen MR) is 104 cm³/mol. The molecule has 1 aliphatic heterocycles. The van der Waals surface area contributed by atoms with Gasteiger partial charge in [-0.2, -0.15) is 0 Å². The van der Waals surface area contributed by atoms with Gasteiger partial charge in [0.25, 0.3) is 0 Å². The average molecular weight is 369 g/mol. The molecule has 5 nitrogen and oxygen atoms in total. The smallest absolute Gasteiger partial charge is 0.335 e. The van der Waals surface area contributed by atoms with Crippen LogP contribution in [0.2, 0.25) is 0 Å². The summed E-state index contributed by atoms with van der Waals surface area (Å²) in [6.07, 6.45) is 5.51. The maximum Gasteiger partial charge on any atom is 0.335 e. The van der Waals surface area contributed by atoms with Crippen LogP contribution in [0.3, 0.4) is 0 Å². The van der Waals surface area contributed by atoms with E-state index in [0.717, 1.165) is 42.0 Å². The summed E-state index contributed by atoms with van der Waals surface area (Å²) in [6.45, 7) is 9.08. The molecule has 1 aromatic carbocycles. The van der Waals surface area contributed by atoms with Crippen molar-refractivity contribution in [3.05, 3.63) is 29.3 Å². The fourth-order valence-corrected chi connectivity index (χ4v) is 4.80. The molecule has 5 heteroatoms. The van der Waals surface area contributed by atoms with E-state index < -0.39 is 0 Å². The highest BCUT2D eigenvalue weighted by atomic mass is 16.7. The normalized spacial score (nSPS) is 30.3. The second-order valence-electron chi connectivity index (χ2n) is 8.51. The molecule has 0 unspecified atom stereocenters. The van der Waals surface area contributed by atoms with Crippen LogP contribution >= 0.6 is 0 Å². The van der Waals surface area contributed by atoms with E-state index in [1.807, 2.05) is 25.1 Å². The minimum absolute atomic E-state index is 0.0746. The molecule has 0 amide bonds. The molecule has 1 heterocycles. The number of rotatable bonds is 4. The van der Waals surface area contributed by atoms with Gasteiger partial charge in [-0.25, -0.2) is 4.79 Å². The zero-order chi connectivity index (χ0) is 19.2. The quantitative estimate of drug-likeness (QED) is 0.556. The molecule has 0 aromatic heterocycles. The molecule has 0 radical (unpaired) electrons. The largest absolute Gasteiger partial charge is 0.454 e. The Hall–Kier alpha value is -2.30. The molecule has 0 N–H and O–H groups in total. The van der Waals surface area contributed by atoms with Gasteiger partial charge in [0.05, 0.1) is 5.71 Å². The van der Waals surface area contributed by atoms with Gasteiger partial charge in [-0.3, -0.25) is 0 Å². The van der Waals surface area contributed by atoms with Crippen molar-refractivity contribution in [3.63, 3.8) is 0 Å². The summed E-state index contributed by atoms with van der Waals surface area (Å²) >= 11 is 0. The standard InChI is InChI=1S/C22H27NO4/c1-5-6-19(24)27-23-20-15(16-9-10-22(20,4)21(16,2)3)11-14-7-8-17-18(12-14)26-13-25-17/h7-8,11-12,16H,5-6,9-10,13H2,1-4H3/b15-11+,23-20+/t16-,22+/m1/s1. The fourth-order valence-electron chi connectivity index (χ4n) is 4.80. The minimum Gasteiger partial charge on any atom is -0.454 e. The van der Waals surface area contributed by atoms with Crippen molar-refractivity contribution < 1.29 is 19.1 Å². The van der Waals surface area contributed by atoms with Crippen molar-refractivity contribution in [1.29, 1.82) is 0 Å². The molecule has 2 aliphatic carbocycles. The molecule has 2 atom stereocenters. The third kappa shape index (κ3) is 2.75. The summed E-state index contributed by atoms with van der Waals surface area (Å²) in [5.74, 6) is 1.68. The van der Waals surface area contributed by atoms with Crippen molar-refractivity contribution >= 4 is 17.8 Å². The number of nitrogens with zero attached hydrogens (tertiary/aromatic N) is 1. The highest BCUT2D eigenvalue weighted by Gasteiger charge is 2.62. The summed E-state index contributed by atoms with van der Waals surface area (Å²) in [7, 11) is 0. The Bertz CT molecular complexity index is 839. The van der Waals surface area contributed by atoms with Gasteiger partial charge in [-0.15, -0.1) is 0 Å². The second kappa shape index (κ2) is 6.39. The van der Waals surface area contributed by atoms with Crippen LogP contribution in [0, 0.1) is 16.7 Å². The Balaban J connectivity index is 1.73. The average Bonchev–Trinajstić information content (AvgIpc) is 3.21. The van der Waals surface area contributed by atoms with Gasteiger partial charge >= 0.3 is 5.97 Å². The Morgan fingerprint density at radius 3 is 2.85 bits per heavy atom. The van der Waals surface area contributed by atoms with Gasteiger partial charge < -0.3 is 14.3 Å². The van der Waals surface area contributed by atoms with Crippen molar-refractivity contribution in [2.45, 2.75) is 53.4 Å². The first-order valence-corrected chi connectivity index (χ1v) is 9.77. The van der Waals surface area contributed by atoms with Crippen LogP contribution in [0.25, 0.3) is 6.08 Å². The van der Waals surface area contributed by atoms with E-state index in [9.17, 15) is 4.79 Å². The van der Waals surface area contributed by atoms with Crippen molar-refractivity contribution in [2.75, 3.05) is 6.79 Å². The van der Waals surface area contributed by atoms with E-state index in [2.05, 4.69) is 32.0 Å². The molecule has 0 saturated heterocycles. The molecule has 2 fully saturated rings. The van der Waals surface area contributed by atoms with Gasteiger partial charge in [-0.1, -0.05) is 38.9 Å². The zero-order valence-corrected chi connectivity index (χ0v) is 16.5. The van der Waals surface area contributed by atoms with Crippen LogP contribution in [0.4, 0.5) is 0 Å². The number of carbonyl (C=O) groups is 1. The van der Waals surface area contributed by atoms with Gasteiger partial charge in [0.2, 0.25) is 6.79 Å². The van der Waals surface area contributed by atoms with Gasteiger partial charge in [0, 0.05) is 11.8 Å². The Labute approximate surface area is 160 Å². The van der Waals surface area contributed by atoms with Gasteiger partial charge in [0.1, 0.15) is 0 Å². The maximum absolute atomic E-state index is 11.9. The van der Waals surface area contributed by atoms with Crippen molar-refractivity contribution in [2.24, 2.45) is 21.9 Å². The number of hydrogen-bond donors (Lipinski definition) is 0. The van der Waals surface area contributed by atoms with Crippen LogP contribution in [0.15, 0.2) is 28.9 Å². The lowest BCUT2D eigenvalue weighted by Gasteiger charge is -2.33. The topological polar surface area (TPSA) is 57.1 Å².